The Bertz CT molecular complexity index is 425. The molecule has 0 aliphatic heterocycles. The summed E-state index contributed by atoms with van der Waals surface area (Å²) >= 11 is 0. The predicted octanol–water partition coefficient (Wildman–Crippen LogP) is 2.62. The van der Waals surface area contributed by atoms with E-state index in [1.54, 1.807) is 18.2 Å². The number of esters is 1. The van der Waals surface area contributed by atoms with Crippen molar-refractivity contribution in [3.05, 3.63) is 23.8 Å². The van der Waals surface area contributed by atoms with Gasteiger partial charge in [-0.2, -0.15) is 0 Å². The van der Waals surface area contributed by atoms with Crippen LogP contribution in [0.5, 0.6) is 5.75 Å². The van der Waals surface area contributed by atoms with Crippen LogP contribution < -0.4 is 10.5 Å². The fourth-order valence-corrected chi connectivity index (χ4v) is 2.39. The Morgan fingerprint density at radius 2 is 2.11 bits per heavy atom. The van der Waals surface area contributed by atoms with Crippen molar-refractivity contribution in [2.45, 2.75) is 25.7 Å². The fraction of sp³-hybridized carbons (Fsp3) is 0.500. The van der Waals surface area contributed by atoms with E-state index in [1.165, 1.54) is 20.0 Å². The SMILES string of the molecule is COc1c(N)cccc1C(=O)OCC1CCCC1. The van der Waals surface area contributed by atoms with Crippen molar-refractivity contribution in [1.29, 1.82) is 0 Å². The number of benzene rings is 1. The zero-order chi connectivity index (χ0) is 13.0. The van der Waals surface area contributed by atoms with Gasteiger partial charge in [0.15, 0.2) is 5.75 Å². The molecule has 0 unspecified atom stereocenters. The van der Waals surface area contributed by atoms with Gasteiger partial charge in [0, 0.05) is 0 Å². The van der Waals surface area contributed by atoms with E-state index >= 15 is 0 Å². The largest absolute Gasteiger partial charge is 0.494 e. The van der Waals surface area contributed by atoms with E-state index in [9.17, 15) is 4.79 Å². The summed E-state index contributed by atoms with van der Waals surface area (Å²) in [5, 5.41) is 0. The van der Waals surface area contributed by atoms with Crippen LogP contribution >= 0.6 is 0 Å². The number of carbonyl (C=O) groups excluding carboxylic acids is 1. The molecule has 1 aromatic rings. The third-order valence-corrected chi connectivity index (χ3v) is 3.39. The molecule has 0 atom stereocenters. The third-order valence-electron chi connectivity index (χ3n) is 3.39. The Morgan fingerprint density at radius 1 is 1.39 bits per heavy atom. The van der Waals surface area contributed by atoms with Crippen LogP contribution in [-0.4, -0.2) is 19.7 Å². The third kappa shape index (κ3) is 2.75. The van der Waals surface area contributed by atoms with Crippen molar-refractivity contribution in [3.63, 3.8) is 0 Å². The maximum Gasteiger partial charge on any atom is 0.342 e. The van der Waals surface area contributed by atoms with Crippen LogP contribution in [0.3, 0.4) is 0 Å². The van der Waals surface area contributed by atoms with E-state index in [2.05, 4.69) is 0 Å². The molecule has 2 N–H and O–H groups in total. The number of rotatable bonds is 4. The van der Waals surface area contributed by atoms with Crippen molar-refractivity contribution < 1.29 is 14.3 Å². The average Bonchev–Trinajstić information content (AvgIpc) is 2.88. The van der Waals surface area contributed by atoms with E-state index in [4.69, 9.17) is 15.2 Å². The van der Waals surface area contributed by atoms with E-state index in [-0.39, 0.29) is 5.97 Å². The van der Waals surface area contributed by atoms with Gasteiger partial charge in [0.1, 0.15) is 5.56 Å². The molecule has 18 heavy (non-hydrogen) atoms. The zero-order valence-corrected chi connectivity index (χ0v) is 10.6. The van der Waals surface area contributed by atoms with E-state index in [1.807, 2.05) is 0 Å². The molecule has 4 nitrogen and oxygen atoms in total. The summed E-state index contributed by atoms with van der Waals surface area (Å²) in [7, 11) is 1.50. The molecule has 1 saturated carbocycles. The Hall–Kier alpha value is -1.71. The maximum atomic E-state index is 12.0. The monoisotopic (exact) mass is 249 g/mol. The maximum absolute atomic E-state index is 12.0. The number of nitrogens with two attached hydrogens (primary N) is 1. The number of nitrogen functional groups attached to an aromatic ring is 1. The highest BCUT2D eigenvalue weighted by Crippen LogP contribution is 2.28. The molecule has 1 aliphatic rings. The topological polar surface area (TPSA) is 61.5 Å². The van der Waals surface area contributed by atoms with Gasteiger partial charge in [-0.1, -0.05) is 18.9 Å². The first-order valence-electron chi connectivity index (χ1n) is 6.32. The number of ether oxygens (including phenoxy) is 2. The molecule has 1 fully saturated rings. The molecule has 0 radical (unpaired) electrons. The molecule has 0 heterocycles. The molecule has 1 aromatic carbocycles. The lowest BCUT2D eigenvalue weighted by atomic mass is 10.1. The van der Waals surface area contributed by atoms with Crippen LogP contribution in [0.25, 0.3) is 0 Å². The number of anilines is 1. The van der Waals surface area contributed by atoms with Crippen molar-refractivity contribution in [1.82, 2.24) is 0 Å². The number of methoxy groups -OCH3 is 1. The zero-order valence-electron chi connectivity index (χ0n) is 10.6. The highest BCUT2D eigenvalue weighted by atomic mass is 16.5. The number of hydrogen-bond acceptors (Lipinski definition) is 4. The second-order valence-electron chi connectivity index (χ2n) is 4.68. The van der Waals surface area contributed by atoms with E-state index in [0.717, 1.165) is 12.8 Å². The molecular formula is C14H19NO3. The minimum absolute atomic E-state index is 0.356. The van der Waals surface area contributed by atoms with Gasteiger partial charge in [0.05, 0.1) is 19.4 Å². The highest BCUT2D eigenvalue weighted by Gasteiger charge is 2.20. The lowest BCUT2D eigenvalue weighted by molar-refractivity contribution is 0.0439. The number of hydrogen-bond donors (Lipinski definition) is 1. The summed E-state index contributed by atoms with van der Waals surface area (Å²) in [6, 6.07) is 5.10. The number of para-hydroxylation sites is 1. The van der Waals surface area contributed by atoms with Crippen LogP contribution in [-0.2, 0) is 4.74 Å². The summed E-state index contributed by atoms with van der Waals surface area (Å²) in [6.45, 7) is 0.497. The van der Waals surface area contributed by atoms with E-state index in [0.29, 0.717) is 29.5 Å². The lowest BCUT2D eigenvalue weighted by Gasteiger charge is -2.13. The molecule has 0 aromatic heterocycles. The van der Waals surface area contributed by atoms with Gasteiger partial charge in [-0.3, -0.25) is 0 Å². The van der Waals surface area contributed by atoms with Crippen molar-refractivity contribution in [2.24, 2.45) is 5.92 Å². The Kier molecular flexibility index (Phi) is 4.07. The van der Waals surface area contributed by atoms with Gasteiger partial charge in [0.2, 0.25) is 0 Å². The van der Waals surface area contributed by atoms with Gasteiger partial charge in [-0.15, -0.1) is 0 Å². The molecule has 0 bridgehead atoms. The Balaban J connectivity index is 2.01. The summed E-state index contributed by atoms with van der Waals surface area (Å²) in [6.07, 6.45) is 4.79. The normalized spacial score (nSPS) is 15.6. The Morgan fingerprint density at radius 3 is 2.78 bits per heavy atom. The molecule has 0 amide bonds. The van der Waals surface area contributed by atoms with Gasteiger partial charge in [-0.05, 0) is 30.9 Å². The summed E-state index contributed by atoms with van der Waals surface area (Å²) in [4.78, 5) is 12.0. The standard InChI is InChI=1S/C14H19NO3/c1-17-13-11(7-4-8-12(13)15)14(16)18-9-10-5-2-3-6-10/h4,7-8,10H,2-3,5-6,9,15H2,1H3. The minimum atomic E-state index is -0.356. The van der Waals surface area contributed by atoms with Gasteiger partial charge >= 0.3 is 5.97 Å². The van der Waals surface area contributed by atoms with E-state index < -0.39 is 0 Å². The van der Waals surface area contributed by atoms with Crippen LogP contribution in [0.4, 0.5) is 5.69 Å². The second kappa shape index (κ2) is 5.76. The summed E-state index contributed by atoms with van der Waals surface area (Å²) in [5.74, 6) is 0.556. The van der Waals surface area contributed by atoms with Gasteiger partial charge in [0.25, 0.3) is 0 Å². The van der Waals surface area contributed by atoms with Crippen molar-refractivity contribution >= 4 is 11.7 Å². The first-order valence-corrected chi connectivity index (χ1v) is 6.32. The number of carbonyl (C=O) groups is 1. The predicted molar refractivity (Wildman–Crippen MR) is 69.6 cm³/mol. The fourth-order valence-electron chi connectivity index (χ4n) is 2.39. The molecule has 0 spiro atoms. The van der Waals surface area contributed by atoms with Crippen LogP contribution in [0.15, 0.2) is 18.2 Å². The highest BCUT2D eigenvalue weighted by molar-refractivity contribution is 5.94. The average molecular weight is 249 g/mol. The molecule has 0 saturated heterocycles. The molecule has 98 valence electrons. The molecule has 2 rings (SSSR count). The second-order valence-corrected chi connectivity index (χ2v) is 4.68. The summed E-state index contributed by atoms with van der Waals surface area (Å²) in [5.41, 5.74) is 6.61. The van der Waals surface area contributed by atoms with Gasteiger partial charge < -0.3 is 15.2 Å². The molecule has 1 aliphatic carbocycles. The smallest absolute Gasteiger partial charge is 0.342 e. The van der Waals surface area contributed by atoms with Crippen LogP contribution in [0, 0.1) is 5.92 Å². The van der Waals surface area contributed by atoms with Crippen LogP contribution in [0.2, 0.25) is 0 Å². The summed E-state index contributed by atoms with van der Waals surface area (Å²) < 4.78 is 10.5. The minimum Gasteiger partial charge on any atom is -0.494 e. The first kappa shape index (κ1) is 12.7. The van der Waals surface area contributed by atoms with Crippen LogP contribution in [0.1, 0.15) is 36.0 Å². The van der Waals surface area contributed by atoms with Gasteiger partial charge in [-0.25, -0.2) is 4.79 Å². The van der Waals surface area contributed by atoms with Crippen molar-refractivity contribution in [2.75, 3.05) is 19.5 Å². The first-order chi connectivity index (χ1) is 8.72. The molecular weight excluding hydrogens is 230 g/mol. The quantitative estimate of drug-likeness (QED) is 0.658. The molecule has 4 heteroatoms. The lowest BCUT2D eigenvalue weighted by Crippen LogP contribution is -2.13. The Labute approximate surface area is 107 Å². The van der Waals surface area contributed by atoms with Crippen molar-refractivity contribution in [3.8, 4) is 5.75 Å².